The molecule has 0 N–H and O–H groups in total. The lowest BCUT2D eigenvalue weighted by atomic mass is 10.1. The number of benzene rings is 1. The summed E-state index contributed by atoms with van der Waals surface area (Å²) in [5.41, 5.74) is 0.220. The fraction of sp³-hybridized carbons (Fsp3) is 0.429. The number of nitrogens with zero attached hydrogens (tertiary/aromatic N) is 1. The minimum atomic E-state index is -3.96. The molecule has 1 aromatic rings. The molecular formula is C14H17NO6S. The molecule has 1 aliphatic rings. The molecule has 0 saturated carbocycles. The van der Waals surface area contributed by atoms with Crippen molar-refractivity contribution in [2.45, 2.75) is 6.10 Å². The van der Waals surface area contributed by atoms with E-state index in [2.05, 4.69) is 0 Å². The molecule has 1 heterocycles. The molecule has 2 rings (SSSR count). The lowest BCUT2D eigenvalue weighted by Gasteiger charge is -2.29. The zero-order valence-corrected chi connectivity index (χ0v) is 12.9. The van der Waals surface area contributed by atoms with Gasteiger partial charge in [-0.25, -0.2) is 4.18 Å². The second kappa shape index (κ2) is 6.99. The fourth-order valence-electron chi connectivity index (χ4n) is 2.08. The third-order valence-electron chi connectivity index (χ3n) is 3.11. The number of carbonyl (C=O) groups is 2. The summed E-state index contributed by atoms with van der Waals surface area (Å²) in [5, 5.41) is 0. The van der Waals surface area contributed by atoms with Crippen LogP contribution < -0.4 is 0 Å². The van der Waals surface area contributed by atoms with E-state index in [1.165, 1.54) is 17.0 Å². The van der Waals surface area contributed by atoms with Crippen molar-refractivity contribution >= 4 is 21.8 Å². The van der Waals surface area contributed by atoms with E-state index in [-0.39, 0.29) is 5.56 Å². The molecule has 0 spiro atoms. The van der Waals surface area contributed by atoms with Crippen molar-refractivity contribution in [2.75, 3.05) is 32.6 Å². The van der Waals surface area contributed by atoms with Gasteiger partial charge in [-0.3, -0.25) is 9.59 Å². The summed E-state index contributed by atoms with van der Waals surface area (Å²) >= 11 is 0. The molecule has 1 saturated heterocycles. The summed E-state index contributed by atoms with van der Waals surface area (Å²) in [4.78, 5) is 26.3. The first kappa shape index (κ1) is 16.6. The molecule has 1 fully saturated rings. The van der Waals surface area contributed by atoms with Gasteiger partial charge in [-0.2, -0.15) is 8.42 Å². The Morgan fingerprint density at radius 1 is 1.18 bits per heavy atom. The van der Waals surface area contributed by atoms with Crippen LogP contribution in [0.2, 0.25) is 0 Å². The second-order valence-corrected chi connectivity index (χ2v) is 6.45. The van der Waals surface area contributed by atoms with Gasteiger partial charge in [0.2, 0.25) is 11.9 Å². The summed E-state index contributed by atoms with van der Waals surface area (Å²) in [6, 6.07) is 7.99. The van der Waals surface area contributed by atoms with Crippen LogP contribution in [-0.4, -0.2) is 63.7 Å². The zero-order chi connectivity index (χ0) is 16.2. The Labute approximate surface area is 128 Å². The smallest absolute Gasteiger partial charge is 0.265 e. The summed E-state index contributed by atoms with van der Waals surface area (Å²) in [6.07, 6.45) is -0.888. The van der Waals surface area contributed by atoms with E-state index in [1.54, 1.807) is 18.2 Å². The van der Waals surface area contributed by atoms with E-state index in [0.717, 1.165) is 6.26 Å². The summed E-state index contributed by atoms with van der Waals surface area (Å²) in [6.45, 7) is 1.28. The highest BCUT2D eigenvalue weighted by molar-refractivity contribution is 7.86. The molecule has 0 aliphatic carbocycles. The molecule has 8 heteroatoms. The maximum atomic E-state index is 12.5. The number of ketones is 1. The first-order valence-electron chi connectivity index (χ1n) is 6.72. The Morgan fingerprint density at radius 3 is 2.32 bits per heavy atom. The summed E-state index contributed by atoms with van der Waals surface area (Å²) in [5.74, 6) is -1.34. The van der Waals surface area contributed by atoms with Gasteiger partial charge < -0.3 is 9.64 Å². The SMILES string of the molecule is CS(=O)(=O)OC(C(=O)c1ccccc1)C(=O)N1CCOCC1. The maximum absolute atomic E-state index is 12.5. The zero-order valence-electron chi connectivity index (χ0n) is 12.1. The number of carbonyl (C=O) groups excluding carboxylic acids is 2. The van der Waals surface area contributed by atoms with E-state index >= 15 is 0 Å². The largest absolute Gasteiger partial charge is 0.378 e. The highest BCUT2D eigenvalue weighted by Crippen LogP contribution is 2.13. The number of hydrogen-bond acceptors (Lipinski definition) is 6. The average Bonchev–Trinajstić information content (AvgIpc) is 2.52. The van der Waals surface area contributed by atoms with Crippen molar-refractivity contribution in [1.82, 2.24) is 4.90 Å². The molecule has 1 amide bonds. The Balaban J connectivity index is 2.26. The standard InChI is InChI=1S/C14H17NO6S/c1-22(18,19)21-13(12(16)11-5-3-2-4-6-11)14(17)15-7-9-20-10-8-15/h2-6,13H,7-10H2,1H3. The van der Waals surface area contributed by atoms with E-state index in [9.17, 15) is 18.0 Å². The molecule has 1 aliphatic heterocycles. The number of ether oxygens (including phenoxy) is 1. The maximum Gasteiger partial charge on any atom is 0.265 e. The van der Waals surface area contributed by atoms with Crippen molar-refractivity contribution in [3.05, 3.63) is 35.9 Å². The molecule has 1 atom stereocenters. The average molecular weight is 327 g/mol. The number of morpholine rings is 1. The van der Waals surface area contributed by atoms with Gasteiger partial charge in [0.25, 0.3) is 16.0 Å². The van der Waals surface area contributed by atoms with Gasteiger partial charge in [0.1, 0.15) is 0 Å². The molecule has 7 nitrogen and oxygen atoms in total. The van der Waals surface area contributed by atoms with Gasteiger partial charge in [-0.1, -0.05) is 30.3 Å². The van der Waals surface area contributed by atoms with Crippen molar-refractivity contribution < 1.29 is 26.9 Å². The molecule has 0 radical (unpaired) electrons. The Kier molecular flexibility index (Phi) is 5.28. The molecule has 22 heavy (non-hydrogen) atoms. The van der Waals surface area contributed by atoms with Crippen LogP contribution in [0.1, 0.15) is 10.4 Å². The van der Waals surface area contributed by atoms with Crippen LogP contribution in [-0.2, 0) is 23.8 Å². The number of amides is 1. The normalized spacial score (nSPS) is 17.0. The second-order valence-electron chi connectivity index (χ2n) is 4.85. The van der Waals surface area contributed by atoms with Gasteiger partial charge in [0, 0.05) is 18.7 Å². The third-order valence-corrected chi connectivity index (χ3v) is 3.66. The van der Waals surface area contributed by atoms with E-state index in [4.69, 9.17) is 8.92 Å². The fourth-order valence-corrected chi connectivity index (χ4v) is 2.59. The topological polar surface area (TPSA) is 90.0 Å². The third kappa shape index (κ3) is 4.36. The van der Waals surface area contributed by atoms with Gasteiger partial charge in [0.15, 0.2) is 0 Å². The Hall–Kier alpha value is -1.77. The molecular weight excluding hydrogens is 310 g/mol. The first-order chi connectivity index (χ1) is 10.4. The van der Waals surface area contributed by atoms with Gasteiger partial charge in [0.05, 0.1) is 19.5 Å². The van der Waals surface area contributed by atoms with Crippen molar-refractivity contribution in [2.24, 2.45) is 0 Å². The quantitative estimate of drug-likeness (QED) is 0.432. The van der Waals surface area contributed by atoms with Crippen molar-refractivity contribution in [3.63, 3.8) is 0 Å². The molecule has 1 aromatic carbocycles. The van der Waals surface area contributed by atoms with E-state index in [0.29, 0.717) is 26.3 Å². The van der Waals surface area contributed by atoms with Crippen LogP contribution in [0.25, 0.3) is 0 Å². The first-order valence-corrected chi connectivity index (χ1v) is 8.54. The van der Waals surface area contributed by atoms with Crippen LogP contribution in [0.5, 0.6) is 0 Å². The highest BCUT2D eigenvalue weighted by atomic mass is 32.2. The van der Waals surface area contributed by atoms with Crippen molar-refractivity contribution in [1.29, 1.82) is 0 Å². The Morgan fingerprint density at radius 2 is 1.77 bits per heavy atom. The molecule has 120 valence electrons. The predicted molar refractivity (Wildman–Crippen MR) is 77.9 cm³/mol. The van der Waals surface area contributed by atoms with Crippen LogP contribution >= 0.6 is 0 Å². The van der Waals surface area contributed by atoms with Crippen molar-refractivity contribution in [3.8, 4) is 0 Å². The van der Waals surface area contributed by atoms with Gasteiger partial charge >= 0.3 is 0 Å². The van der Waals surface area contributed by atoms with E-state index in [1.807, 2.05) is 0 Å². The van der Waals surface area contributed by atoms with Gasteiger partial charge in [-0.15, -0.1) is 0 Å². The number of rotatable bonds is 5. The highest BCUT2D eigenvalue weighted by Gasteiger charge is 2.35. The van der Waals surface area contributed by atoms with Gasteiger partial charge in [-0.05, 0) is 0 Å². The number of hydrogen-bond donors (Lipinski definition) is 0. The van der Waals surface area contributed by atoms with Crippen LogP contribution in [0, 0.1) is 0 Å². The summed E-state index contributed by atoms with van der Waals surface area (Å²) in [7, 11) is -3.96. The lowest BCUT2D eigenvalue weighted by Crippen LogP contribution is -2.49. The lowest BCUT2D eigenvalue weighted by molar-refractivity contribution is -0.140. The monoisotopic (exact) mass is 327 g/mol. The number of Topliss-reactive ketones (excluding diaryl/α,β-unsaturated/α-hetero) is 1. The predicted octanol–water partition coefficient (Wildman–Crippen LogP) is 0.0729. The molecule has 0 aromatic heterocycles. The Bertz CT molecular complexity index is 637. The summed E-state index contributed by atoms with van der Waals surface area (Å²) < 4.78 is 32.7. The van der Waals surface area contributed by atoms with E-state index < -0.39 is 27.9 Å². The van der Waals surface area contributed by atoms with Crippen LogP contribution in [0.3, 0.4) is 0 Å². The molecule has 0 bridgehead atoms. The molecule has 1 unspecified atom stereocenters. The van der Waals surface area contributed by atoms with Crippen LogP contribution in [0.15, 0.2) is 30.3 Å². The minimum Gasteiger partial charge on any atom is -0.378 e. The van der Waals surface area contributed by atoms with Crippen LogP contribution in [0.4, 0.5) is 0 Å². The minimum absolute atomic E-state index is 0.220.